The third-order valence-electron chi connectivity index (χ3n) is 5.27. The standard InChI is InChI=1S/C22H19FN4OS/c23-16-8-6-15(7-9-16)18-14-29-20-19(18)24-22(25-21(20)28)27-12-10-26(11-13-27)17-4-2-1-3-5-17/h1-9,14H,10-13H2,(H,24,25,28). The summed E-state index contributed by atoms with van der Waals surface area (Å²) < 4.78 is 13.9. The molecule has 29 heavy (non-hydrogen) atoms. The van der Waals surface area contributed by atoms with Gasteiger partial charge in [0.15, 0.2) is 0 Å². The summed E-state index contributed by atoms with van der Waals surface area (Å²) in [5, 5.41) is 1.91. The Kier molecular flexibility index (Phi) is 4.52. The quantitative estimate of drug-likeness (QED) is 0.556. The van der Waals surface area contributed by atoms with Gasteiger partial charge in [0.1, 0.15) is 10.5 Å². The van der Waals surface area contributed by atoms with E-state index in [2.05, 4.69) is 26.9 Å². The smallest absolute Gasteiger partial charge is 0.270 e. The fourth-order valence-electron chi connectivity index (χ4n) is 3.72. The molecule has 5 rings (SSSR count). The molecule has 2 aromatic carbocycles. The van der Waals surface area contributed by atoms with Crippen LogP contribution in [0, 0.1) is 5.82 Å². The summed E-state index contributed by atoms with van der Waals surface area (Å²) in [4.78, 5) is 24.8. The van der Waals surface area contributed by atoms with E-state index in [0.29, 0.717) is 16.2 Å². The minimum absolute atomic E-state index is 0.131. The maximum Gasteiger partial charge on any atom is 0.270 e. The third kappa shape index (κ3) is 3.38. The number of thiophene rings is 1. The lowest BCUT2D eigenvalue weighted by molar-refractivity contribution is 0.628. The van der Waals surface area contributed by atoms with Gasteiger partial charge in [-0.2, -0.15) is 0 Å². The Labute approximate surface area is 171 Å². The first-order valence-electron chi connectivity index (χ1n) is 9.51. The van der Waals surface area contributed by atoms with Gasteiger partial charge >= 0.3 is 0 Å². The van der Waals surface area contributed by atoms with E-state index in [1.807, 2.05) is 23.6 Å². The molecular weight excluding hydrogens is 387 g/mol. The van der Waals surface area contributed by atoms with Gasteiger partial charge in [-0.3, -0.25) is 9.78 Å². The van der Waals surface area contributed by atoms with Crippen LogP contribution in [0.15, 0.2) is 64.8 Å². The van der Waals surface area contributed by atoms with Crippen molar-refractivity contribution in [1.29, 1.82) is 0 Å². The maximum absolute atomic E-state index is 13.3. The highest BCUT2D eigenvalue weighted by Crippen LogP contribution is 2.32. The number of benzene rings is 2. The van der Waals surface area contributed by atoms with Gasteiger partial charge in [-0.15, -0.1) is 11.3 Å². The molecule has 2 aromatic heterocycles. The molecule has 0 spiro atoms. The van der Waals surface area contributed by atoms with Crippen LogP contribution in [-0.4, -0.2) is 36.1 Å². The summed E-state index contributed by atoms with van der Waals surface area (Å²) in [6, 6.07) is 16.6. The molecular formula is C22H19FN4OS. The first-order chi connectivity index (χ1) is 14.2. The minimum Gasteiger partial charge on any atom is -0.368 e. The Hall–Kier alpha value is -3.19. The average molecular weight is 406 g/mol. The third-order valence-corrected chi connectivity index (χ3v) is 6.24. The van der Waals surface area contributed by atoms with Crippen LogP contribution in [0.3, 0.4) is 0 Å². The van der Waals surface area contributed by atoms with Crippen molar-refractivity contribution in [2.75, 3.05) is 36.0 Å². The van der Waals surface area contributed by atoms with E-state index in [1.165, 1.54) is 29.2 Å². The molecule has 4 aromatic rings. The molecule has 0 saturated carbocycles. The number of halogens is 1. The summed E-state index contributed by atoms with van der Waals surface area (Å²) >= 11 is 1.37. The molecule has 0 atom stereocenters. The highest BCUT2D eigenvalue weighted by atomic mass is 32.1. The highest BCUT2D eigenvalue weighted by Gasteiger charge is 2.21. The second-order valence-corrected chi connectivity index (χ2v) is 7.91. The second kappa shape index (κ2) is 7.33. The summed E-state index contributed by atoms with van der Waals surface area (Å²) in [5.74, 6) is 0.313. The molecule has 0 radical (unpaired) electrons. The van der Waals surface area contributed by atoms with Crippen molar-refractivity contribution in [3.8, 4) is 11.1 Å². The normalized spacial score (nSPS) is 14.5. The molecule has 0 aliphatic carbocycles. The maximum atomic E-state index is 13.3. The van der Waals surface area contributed by atoms with Crippen molar-refractivity contribution in [3.63, 3.8) is 0 Å². The van der Waals surface area contributed by atoms with Crippen molar-refractivity contribution in [3.05, 3.63) is 76.1 Å². The molecule has 1 aliphatic heterocycles. The van der Waals surface area contributed by atoms with Crippen LogP contribution in [0.25, 0.3) is 21.3 Å². The first-order valence-corrected chi connectivity index (χ1v) is 10.4. The van der Waals surface area contributed by atoms with Gasteiger partial charge in [-0.25, -0.2) is 9.37 Å². The first kappa shape index (κ1) is 17.9. The van der Waals surface area contributed by atoms with Crippen molar-refractivity contribution >= 4 is 33.2 Å². The number of hydrogen-bond donors (Lipinski definition) is 1. The van der Waals surface area contributed by atoms with Gasteiger partial charge in [0.2, 0.25) is 5.95 Å². The van der Waals surface area contributed by atoms with E-state index in [-0.39, 0.29) is 11.4 Å². The predicted octanol–water partition coefficient (Wildman–Crippen LogP) is 4.12. The molecule has 0 amide bonds. The fourth-order valence-corrected chi connectivity index (χ4v) is 4.62. The number of H-pyrrole nitrogens is 1. The molecule has 1 fully saturated rings. The van der Waals surface area contributed by atoms with Crippen molar-refractivity contribution in [2.45, 2.75) is 0 Å². The Morgan fingerprint density at radius 3 is 2.34 bits per heavy atom. The van der Waals surface area contributed by atoms with E-state index in [4.69, 9.17) is 4.98 Å². The van der Waals surface area contributed by atoms with Crippen LogP contribution in [0.2, 0.25) is 0 Å². The zero-order chi connectivity index (χ0) is 19.8. The zero-order valence-electron chi connectivity index (χ0n) is 15.6. The monoisotopic (exact) mass is 406 g/mol. The predicted molar refractivity (Wildman–Crippen MR) is 117 cm³/mol. The number of aromatic amines is 1. The molecule has 0 bridgehead atoms. The number of nitrogens with zero attached hydrogens (tertiary/aromatic N) is 3. The molecule has 146 valence electrons. The van der Waals surface area contributed by atoms with E-state index in [1.54, 1.807) is 12.1 Å². The van der Waals surface area contributed by atoms with Gasteiger partial charge in [-0.05, 0) is 29.8 Å². The van der Waals surface area contributed by atoms with E-state index >= 15 is 0 Å². The summed E-state index contributed by atoms with van der Waals surface area (Å²) in [6.07, 6.45) is 0. The number of anilines is 2. The van der Waals surface area contributed by atoms with Gasteiger partial charge in [-0.1, -0.05) is 30.3 Å². The van der Waals surface area contributed by atoms with Crippen LogP contribution in [0.4, 0.5) is 16.0 Å². The van der Waals surface area contributed by atoms with Gasteiger partial charge in [0.05, 0.1) is 5.52 Å². The molecule has 0 unspecified atom stereocenters. The van der Waals surface area contributed by atoms with Gasteiger partial charge in [0, 0.05) is 42.8 Å². The van der Waals surface area contributed by atoms with Crippen LogP contribution in [0.5, 0.6) is 0 Å². The molecule has 1 N–H and O–H groups in total. The summed E-state index contributed by atoms with van der Waals surface area (Å²) in [6.45, 7) is 3.28. The number of fused-ring (bicyclic) bond motifs is 1. The number of aromatic nitrogens is 2. The second-order valence-electron chi connectivity index (χ2n) is 7.03. The number of hydrogen-bond acceptors (Lipinski definition) is 5. The van der Waals surface area contributed by atoms with Crippen molar-refractivity contribution < 1.29 is 4.39 Å². The minimum atomic E-state index is -0.281. The van der Waals surface area contributed by atoms with Crippen LogP contribution >= 0.6 is 11.3 Å². The molecule has 1 aliphatic rings. The van der Waals surface area contributed by atoms with Crippen LogP contribution in [0.1, 0.15) is 0 Å². The van der Waals surface area contributed by atoms with Gasteiger partial charge in [0.25, 0.3) is 5.56 Å². The number of nitrogens with one attached hydrogen (secondary N) is 1. The molecule has 5 nitrogen and oxygen atoms in total. The van der Waals surface area contributed by atoms with Gasteiger partial charge < -0.3 is 9.80 Å². The molecule has 7 heteroatoms. The topological polar surface area (TPSA) is 52.2 Å². The molecule has 3 heterocycles. The number of rotatable bonds is 3. The van der Waals surface area contributed by atoms with Crippen molar-refractivity contribution in [2.24, 2.45) is 0 Å². The highest BCUT2D eigenvalue weighted by molar-refractivity contribution is 7.17. The SMILES string of the molecule is O=c1[nH]c(N2CCN(c3ccccc3)CC2)nc2c(-c3ccc(F)cc3)csc12. The number of piperazine rings is 1. The largest absolute Gasteiger partial charge is 0.368 e. The average Bonchev–Trinajstić information content (AvgIpc) is 3.20. The van der Waals surface area contributed by atoms with E-state index < -0.39 is 0 Å². The van der Waals surface area contributed by atoms with E-state index in [9.17, 15) is 9.18 Å². The zero-order valence-corrected chi connectivity index (χ0v) is 16.5. The van der Waals surface area contributed by atoms with Crippen molar-refractivity contribution in [1.82, 2.24) is 9.97 Å². The number of para-hydroxylation sites is 1. The summed E-state index contributed by atoms with van der Waals surface area (Å²) in [7, 11) is 0. The Balaban J connectivity index is 1.45. The van der Waals surface area contributed by atoms with Crippen LogP contribution < -0.4 is 15.4 Å². The summed E-state index contributed by atoms with van der Waals surface area (Å²) in [5.41, 5.74) is 3.47. The lowest BCUT2D eigenvalue weighted by atomic mass is 10.1. The fraction of sp³-hybridized carbons (Fsp3) is 0.182. The van der Waals surface area contributed by atoms with E-state index in [0.717, 1.165) is 37.3 Å². The Bertz CT molecular complexity index is 1200. The lowest BCUT2D eigenvalue weighted by Crippen LogP contribution is -2.47. The Morgan fingerprint density at radius 2 is 1.62 bits per heavy atom. The Morgan fingerprint density at radius 1 is 0.931 bits per heavy atom. The lowest BCUT2D eigenvalue weighted by Gasteiger charge is -2.36. The molecule has 1 saturated heterocycles. The van der Waals surface area contributed by atoms with Crippen LogP contribution in [-0.2, 0) is 0 Å².